The second-order valence-corrected chi connectivity index (χ2v) is 5.75. The smallest absolute Gasteiger partial charge is 0.303 e. The first-order valence-corrected chi connectivity index (χ1v) is 6.03. The zero-order valence-corrected chi connectivity index (χ0v) is 10.8. The molecule has 2 fully saturated rings. The first kappa shape index (κ1) is 13.7. The molecule has 1 N–H and O–H groups in total. The molecular weight excluding hydrogens is 240 g/mol. The number of hydrogen-bond donors (Lipinski definition) is 1. The van der Waals surface area contributed by atoms with E-state index in [-0.39, 0.29) is 26.1 Å². The summed E-state index contributed by atoms with van der Waals surface area (Å²) in [5, 5.41) is 9.02. The number of carbonyl (C=O) groups is 1. The molecular formula is C12H20O6. The number of carboxylic acids is 1. The Bertz CT molecular complexity index is 299. The maximum Gasteiger partial charge on any atom is 0.303 e. The molecule has 2 aliphatic heterocycles. The quantitative estimate of drug-likeness (QED) is 0.811. The van der Waals surface area contributed by atoms with Crippen molar-refractivity contribution >= 4 is 5.97 Å². The Labute approximate surface area is 106 Å². The van der Waals surface area contributed by atoms with E-state index in [4.69, 9.17) is 24.1 Å². The molecule has 2 rings (SSSR count). The summed E-state index contributed by atoms with van der Waals surface area (Å²) in [5.41, 5.74) is -0.908. The van der Waals surface area contributed by atoms with Gasteiger partial charge in [-0.25, -0.2) is 0 Å². The van der Waals surface area contributed by atoms with Crippen LogP contribution in [0.1, 0.15) is 20.3 Å². The third-order valence-corrected chi connectivity index (χ3v) is 3.53. The molecule has 0 radical (unpaired) electrons. The molecule has 1 spiro atoms. The van der Waals surface area contributed by atoms with E-state index in [1.807, 2.05) is 13.8 Å². The Morgan fingerprint density at radius 1 is 1.22 bits per heavy atom. The monoisotopic (exact) mass is 260 g/mol. The van der Waals surface area contributed by atoms with Crippen LogP contribution in [-0.4, -0.2) is 50.6 Å². The van der Waals surface area contributed by atoms with Gasteiger partial charge in [-0.3, -0.25) is 4.79 Å². The third kappa shape index (κ3) is 2.66. The molecule has 2 aliphatic rings. The largest absolute Gasteiger partial charge is 0.481 e. The van der Waals surface area contributed by atoms with E-state index < -0.39 is 16.8 Å². The number of carboxylic acid groups (broad SMARTS) is 1. The van der Waals surface area contributed by atoms with Gasteiger partial charge in [0.25, 0.3) is 0 Å². The van der Waals surface area contributed by atoms with Crippen LogP contribution in [-0.2, 0) is 23.7 Å². The normalized spacial score (nSPS) is 28.2. The summed E-state index contributed by atoms with van der Waals surface area (Å²) in [6, 6.07) is 0. The SMILES string of the molecule is CC(C)(CC(=O)O)C1OCOCC12COCOC2. The van der Waals surface area contributed by atoms with E-state index in [1.54, 1.807) is 0 Å². The van der Waals surface area contributed by atoms with Crippen LogP contribution in [0.25, 0.3) is 0 Å². The number of ether oxygens (including phenoxy) is 4. The fourth-order valence-electron chi connectivity index (χ4n) is 2.98. The Hall–Kier alpha value is -0.690. The van der Waals surface area contributed by atoms with Gasteiger partial charge in [-0.15, -0.1) is 0 Å². The molecule has 18 heavy (non-hydrogen) atoms. The molecule has 0 aromatic heterocycles. The molecule has 6 heteroatoms. The summed E-state index contributed by atoms with van der Waals surface area (Å²) in [4.78, 5) is 11.0. The minimum absolute atomic E-state index is 0.0411. The lowest BCUT2D eigenvalue weighted by Crippen LogP contribution is -2.59. The lowest BCUT2D eigenvalue weighted by Gasteiger charge is -2.50. The van der Waals surface area contributed by atoms with Crippen molar-refractivity contribution in [3.63, 3.8) is 0 Å². The van der Waals surface area contributed by atoms with Crippen molar-refractivity contribution < 1.29 is 28.8 Å². The van der Waals surface area contributed by atoms with Gasteiger partial charge in [-0.2, -0.15) is 0 Å². The second-order valence-electron chi connectivity index (χ2n) is 5.75. The Morgan fingerprint density at radius 2 is 1.78 bits per heavy atom. The summed E-state index contributed by atoms with van der Waals surface area (Å²) in [5.74, 6) is -0.831. The fraction of sp³-hybridized carbons (Fsp3) is 0.917. The molecule has 0 saturated carbocycles. The molecule has 0 bridgehead atoms. The predicted molar refractivity (Wildman–Crippen MR) is 60.9 cm³/mol. The fourth-order valence-corrected chi connectivity index (χ4v) is 2.98. The third-order valence-electron chi connectivity index (χ3n) is 3.53. The van der Waals surface area contributed by atoms with E-state index in [1.165, 1.54) is 0 Å². The van der Waals surface area contributed by atoms with Crippen LogP contribution < -0.4 is 0 Å². The molecule has 2 heterocycles. The van der Waals surface area contributed by atoms with E-state index in [2.05, 4.69) is 0 Å². The van der Waals surface area contributed by atoms with Gasteiger partial charge in [0.1, 0.15) is 13.6 Å². The van der Waals surface area contributed by atoms with Crippen molar-refractivity contribution in [3.8, 4) is 0 Å². The molecule has 0 aromatic carbocycles. The first-order chi connectivity index (χ1) is 8.46. The highest BCUT2D eigenvalue weighted by Gasteiger charge is 2.52. The Kier molecular flexibility index (Phi) is 3.91. The van der Waals surface area contributed by atoms with Gasteiger partial charge >= 0.3 is 5.97 Å². The molecule has 104 valence electrons. The van der Waals surface area contributed by atoms with Crippen LogP contribution >= 0.6 is 0 Å². The van der Waals surface area contributed by atoms with Crippen molar-refractivity contribution in [2.45, 2.75) is 26.4 Å². The predicted octanol–water partition coefficient (Wildman–Crippen LogP) is 0.851. The van der Waals surface area contributed by atoms with Crippen molar-refractivity contribution in [2.24, 2.45) is 10.8 Å². The van der Waals surface area contributed by atoms with Gasteiger partial charge in [0, 0.05) is 5.41 Å². The molecule has 1 atom stereocenters. The lowest BCUT2D eigenvalue weighted by atomic mass is 9.68. The summed E-state index contributed by atoms with van der Waals surface area (Å²) < 4.78 is 21.8. The number of rotatable bonds is 3. The van der Waals surface area contributed by atoms with Crippen LogP contribution in [0.4, 0.5) is 0 Å². The summed E-state index contributed by atoms with van der Waals surface area (Å²) in [6.45, 7) is 5.67. The Balaban J connectivity index is 2.18. The van der Waals surface area contributed by atoms with Gasteiger partial charge in [0.05, 0.1) is 37.8 Å². The van der Waals surface area contributed by atoms with Crippen molar-refractivity contribution in [1.29, 1.82) is 0 Å². The number of hydrogen-bond acceptors (Lipinski definition) is 5. The van der Waals surface area contributed by atoms with Crippen molar-refractivity contribution in [1.82, 2.24) is 0 Å². The van der Waals surface area contributed by atoms with E-state index in [0.717, 1.165) is 0 Å². The van der Waals surface area contributed by atoms with Crippen molar-refractivity contribution in [3.05, 3.63) is 0 Å². The highest BCUT2D eigenvalue weighted by atomic mass is 16.7. The van der Waals surface area contributed by atoms with Gasteiger partial charge in [0.2, 0.25) is 0 Å². The van der Waals surface area contributed by atoms with Crippen LogP contribution in [0.15, 0.2) is 0 Å². The summed E-state index contributed by atoms with van der Waals surface area (Å²) in [7, 11) is 0. The highest BCUT2D eigenvalue weighted by molar-refractivity contribution is 5.67. The molecule has 1 unspecified atom stereocenters. The minimum atomic E-state index is -0.831. The van der Waals surface area contributed by atoms with Gasteiger partial charge < -0.3 is 24.1 Å². The van der Waals surface area contributed by atoms with Gasteiger partial charge in [0.15, 0.2) is 0 Å². The summed E-state index contributed by atoms with van der Waals surface area (Å²) in [6.07, 6.45) is -0.213. The van der Waals surface area contributed by atoms with Gasteiger partial charge in [-0.05, 0) is 0 Å². The van der Waals surface area contributed by atoms with E-state index >= 15 is 0 Å². The molecule has 0 aromatic rings. The highest BCUT2D eigenvalue weighted by Crippen LogP contribution is 2.43. The molecule has 0 aliphatic carbocycles. The average Bonchev–Trinajstić information content (AvgIpc) is 2.28. The topological polar surface area (TPSA) is 74.2 Å². The standard InChI is InChI=1S/C12H20O6/c1-11(2,3-9(13)14)10-12(6-17-8-18-10)4-15-7-16-5-12/h10H,3-8H2,1-2H3,(H,13,14). The lowest BCUT2D eigenvalue weighted by molar-refractivity contribution is -0.296. The zero-order valence-electron chi connectivity index (χ0n) is 10.8. The van der Waals surface area contributed by atoms with E-state index in [9.17, 15) is 4.79 Å². The molecule has 2 saturated heterocycles. The van der Waals surface area contributed by atoms with E-state index in [0.29, 0.717) is 19.8 Å². The maximum atomic E-state index is 11.0. The summed E-state index contributed by atoms with van der Waals surface area (Å²) >= 11 is 0. The minimum Gasteiger partial charge on any atom is -0.481 e. The Morgan fingerprint density at radius 3 is 2.33 bits per heavy atom. The number of aliphatic carboxylic acids is 1. The van der Waals surface area contributed by atoms with Gasteiger partial charge in [-0.1, -0.05) is 13.8 Å². The second kappa shape index (κ2) is 5.13. The maximum absolute atomic E-state index is 11.0. The first-order valence-electron chi connectivity index (χ1n) is 6.03. The zero-order chi connectivity index (χ0) is 13.2. The van der Waals surface area contributed by atoms with Crippen LogP contribution in [0.2, 0.25) is 0 Å². The van der Waals surface area contributed by atoms with Crippen LogP contribution in [0.3, 0.4) is 0 Å². The molecule has 0 amide bonds. The van der Waals surface area contributed by atoms with Crippen LogP contribution in [0, 0.1) is 10.8 Å². The van der Waals surface area contributed by atoms with Crippen molar-refractivity contribution in [2.75, 3.05) is 33.4 Å². The van der Waals surface area contributed by atoms with Crippen LogP contribution in [0.5, 0.6) is 0 Å². The molecule has 6 nitrogen and oxygen atoms in total. The average molecular weight is 260 g/mol.